The molecule has 3 aromatic rings. The fourth-order valence-electron chi connectivity index (χ4n) is 2.44. The average Bonchev–Trinajstić information content (AvgIpc) is 2.91. The van der Waals surface area contributed by atoms with Gasteiger partial charge in [-0.25, -0.2) is 0 Å². The Hall–Kier alpha value is -2.39. The van der Waals surface area contributed by atoms with Crippen molar-refractivity contribution in [2.24, 2.45) is 5.73 Å². The molecule has 0 spiro atoms. The molecule has 0 aliphatic carbocycles. The summed E-state index contributed by atoms with van der Waals surface area (Å²) in [6.45, 7) is 0. The molecule has 3 nitrogen and oxygen atoms in total. The summed E-state index contributed by atoms with van der Waals surface area (Å²) in [5.41, 5.74) is 8.78. The van der Waals surface area contributed by atoms with Crippen molar-refractivity contribution in [3.63, 3.8) is 0 Å². The molecule has 0 fully saturated rings. The van der Waals surface area contributed by atoms with Crippen LogP contribution < -0.4 is 5.73 Å². The maximum Gasteiger partial charge on any atom is 0.181 e. The van der Waals surface area contributed by atoms with Crippen molar-refractivity contribution in [1.82, 2.24) is 4.98 Å². The molecule has 1 unspecified atom stereocenters. The molecule has 108 valence electrons. The highest BCUT2D eigenvalue weighted by Gasteiger charge is 2.19. The highest BCUT2D eigenvalue weighted by atomic mass is 16.1. The summed E-state index contributed by atoms with van der Waals surface area (Å²) in [6, 6.07) is 17.1. The zero-order valence-corrected chi connectivity index (χ0v) is 11.0. The molecule has 1 atom stereocenters. The number of hydrogen-bond acceptors (Lipinski definition) is 2. The Labute approximate surface area is 124 Å². The van der Waals surface area contributed by atoms with Gasteiger partial charge in [0.05, 0.1) is 6.04 Å². The molecule has 3 heteroatoms. The van der Waals surface area contributed by atoms with Gasteiger partial charge in [-0.15, -0.1) is 0 Å². The lowest BCUT2D eigenvalue weighted by Gasteiger charge is -2.10. The predicted octanol–water partition coefficient (Wildman–Crippen LogP) is 3.56. The topological polar surface area (TPSA) is 58.9 Å². The van der Waals surface area contributed by atoms with Crippen LogP contribution in [-0.2, 0) is 6.42 Å². The number of para-hydroxylation sites is 1. The molecule has 0 saturated carbocycles. The van der Waals surface area contributed by atoms with Gasteiger partial charge in [-0.2, -0.15) is 0 Å². The summed E-state index contributed by atoms with van der Waals surface area (Å²) >= 11 is 0. The number of carbonyl (C=O) groups is 1. The van der Waals surface area contributed by atoms with E-state index in [1.54, 1.807) is 6.20 Å². The molecule has 3 N–H and O–H groups in total. The zero-order valence-electron chi connectivity index (χ0n) is 11.0. The molecule has 0 aliphatic heterocycles. The Bertz CT molecular complexity index is 731. The normalized spacial score (nSPS) is 11.9. The van der Waals surface area contributed by atoms with E-state index in [2.05, 4.69) is 4.98 Å². The quantitative estimate of drug-likeness (QED) is 0.718. The first-order chi connectivity index (χ1) is 9.75. The highest BCUT2D eigenvalue weighted by molar-refractivity contribution is 6.10. The van der Waals surface area contributed by atoms with Gasteiger partial charge >= 0.3 is 0 Å². The number of ketones is 1. The molecular formula is C18H20N2O. The number of aromatic nitrogens is 1. The second-order valence-corrected chi connectivity index (χ2v) is 4.91. The van der Waals surface area contributed by atoms with Crippen molar-refractivity contribution in [2.75, 3.05) is 0 Å². The van der Waals surface area contributed by atoms with Crippen LogP contribution in [0.3, 0.4) is 0 Å². The third-order valence-electron chi connectivity index (χ3n) is 3.49. The molecular weight excluding hydrogens is 260 g/mol. The Kier molecular flexibility index (Phi) is 4.55. The number of carbonyl (C=O) groups excluding carboxylic acids is 1. The van der Waals surface area contributed by atoms with Crippen LogP contribution in [0.25, 0.3) is 10.9 Å². The van der Waals surface area contributed by atoms with Gasteiger partial charge in [0, 0.05) is 22.7 Å². The number of nitrogens with one attached hydrogen (secondary N) is 1. The van der Waals surface area contributed by atoms with Crippen molar-refractivity contribution in [1.29, 1.82) is 0 Å². The van der Waals surface area contributed by atoms with Crippen molar-refractivity contribution in [2.45, 2.75) is 19.9 Å². The average molecular weight is 280 g/mol. The molecule has 21 heavy (non-hydrogen) atoms. The van der Waals surface area contributed by atoms with E-state index in [4.69, 9.17) is 5.73 Å². The summed E-state index contributed by atoms with van der Waals surface area (Å²) in [5.74, 6) is -0.0219. The first-order valence-corrected chi connectivity index (χ1v) is 6.65. The van der Waals surface area contributed by atoms with Crippen LogP contribution in [0.4, 0.5) is 0 Å². The first kappa shape index (κ1) is 15.0. The van der Waals surface area contributed by atoms with Crippen LogP contribution in [0.2, 0.25) is 0 Å². The van der Waals surface area contributed by atoms with E-state index >= 15 is 0 Å². The molecule has 0 radical (unpaired) electrons. The molecule has 0 saturated heterocycles. The second kappa shape index (κ2) is 6.37. The van der Waals surface area contributed by atoms with Crippen molar-refractivity contribution < 1.29 is 4.79 Å². The Morgan fingerprint density at radius 1 is 1.05 bits per heavy atom. The van der Waals surface area contributed by atoms with E-state index in [0.29, 0.717) is 12.0 Å². The smallest absolute Gasteiger partial charge is 0.181 e. The summed E-state index contributed by atoms with van der Waals surface area (Å²) in [6.07, 6.45) is 2.30. The maximum absolute atomic E-state index is 12.5. The van der Waals surface area contributed by atoms with Gasteiger partial charge in [0.2, 0.25) is 0 Å². The van der Waals surface area contributed by atoms with Crippen LogP contribution in [0.1, 0.15) is 23.3 Å². The van der Waals surface area contributed by atoms with Crippen molar-refractivity contribution in [3.05, 3.63) is 71.9 Å². The van der Waals surface area contributed by atoms with Gasteiger partial charge in [0.1, 0.15) is 0 Å². The number of fused-ring (bicyclic) bond motifs is 1. The fraction of sp³-hybridized carbons (Fsp3) is 0.167. The first-order valence-electron chi connectivity index (χ1n) is 6.65. The van der Waals surface area contributed by atoms with Crippen LogP contribution in [0.5, 0.6) is 0 Å². The third kappa shape index (κ3) is 3.03. The van der Waals surface area contributed by atoms with Crippen LogP contribution in [-0.4, -0.2) is 16.8 Å². The number of Topliss-reactive ketones (excluding diaryl/α,β-unsaturated/α-hetero) is 1. The largest absolute Gasteiger partial charge is 0.360 e. The van der Waals surface area contributed by atoms with E-state index in [-0.39, 0.29) is 13.2 Å². The molecule has 0 aliphatic rings. The van der Waals surface area contributed by atoms with Gasteiger partial charge in [0.15, 0.2) is 5.78 Å². The van der Waals surface area contributed by atoms with Gasteiger partial charge in [-0.05, 0) is 18.1 Å². The Morgan fingerprint density at radius 3 is 2.48 bits per heavy atom. The molecule has 1 heterocycles. The lowest BCUT2D eigenvalue weighted by Crippen LogP contribution is -2.32. The molecule has 3 rings (SSSR count). The van der Waals surface area contributed by atoms with E-state index in [1.807, 2.05) is 54.6 Å². The summed E-state index contributed by atoms with van der Waals surface area (Å²) < 4.78 is 0. The van der Waals surface area contributed by atoms with Gasteiger partial charge in [0.25, 0.3) is 0 Å². The van der Waals surface area contributed by atoms with E-state index in [9.17, 15) is 4.79 Å². The number of aromatic amines is 1. The zero-order chi connectivity index (χ0) is 13.9. The van der Waals surface area contributed by atoms with E-state index in [0.717, 1.165) is 16.5 Å². The van der Waals surface area contributed by atoms with Crippen molar-refractivity contribution in [3.8, 4) is 0 Å². The maximum atomic E-state index is 12.5. The summed E-state index contributed by atoms with van der Waals surface area (Å²) in [4.78, 5) is 15.6. The van der Waals surface area contributed by atoms with E-state index < -0.39 is 6.04 Å². The predicted molar refractivity (Wildman–Crippen MR) is 87.5 cm³/mol. The van der Waals surface area contributed by atoms with Crippen LogP contribution in [0, 0.1) is 0 Å². The fourth-order valence-corrected chi connectivity index (χ4v) is 2.44. The van der Waals surface area contributed by atoms with Gasteiger partial charge in [-0.3, -0.25) is 4.79 Å². The summed E-state index contributed by atoms with van der Waals surface area (Å²) in [7, 11) is 0. The number of hydrogen-bond donors (Lipinski definition) is 2. The van der Waals surface area contributed by atoms with Crippen LogP contribution >= 0.6 is 0 Å². The lowest BCUT2D eigenvalue weighted by atomic mass is 9.98. The Balaban J connectivity index is 0.00000161. The lowest BCUT2D eigenvalue weighted by molar-refractivity contribution is 0.0962. The molecule has 2 aromatic carbocycles. The van der Waals surface area contributed by atoms with Crippen LogP contribution in [0.15, 0.2) is 60.8 Å². The minimum Gasteiger partial charge on any atom is -0.360 e. The standard InChI is InChI=1S/C17H16N2O.CH4/c18-15(10-12-6-2-1-3-7-12)17(20)14-11-19-16-9-5-4-8-13(14)16;/h1-9,11,15,19H,10,18H2;1H4. The summed E-state index contributed by atoms with van der Waals surface area (Å²) in [5, 5.41) is 0.931. The highest BCUT2D eigenvalue weighted by Crippen LogP contribution is 2.19. The minimum atomic E-state index is -0.517. The van der Waals surface area contributed by atoms with Crippen molar-refractivity contribution >= 4 is 16.7 Å². The number of rotatable bonds is 4. The third-order valence-corrected chi connectivity index (χ3v) is 3.49. The SMILES string of the molecule is C.NC(Cc1ccccc1)C(=O)c1c[nH]c2ccccc12. The van der Waals surface area contributed by atoms with Gasteiger partial charge in [-0.1, -0.05) is 56.0 Å². The number of H-pyrrole nitrogens is 1. The monoisotopic (exact) mass is 280 g/mol. The second-order valence-electron chi connectivity index (χ2n) is 4.91. The van der Waals surface area contributed by atoms with Gasteiger partial charge < -0.3 is 10.7 Å². The number of benzene rings is 2. The van der Waals surface area contributed by atoms with E-state index in [1.165, 1.54) is 0 Å². The molecule has 0 bridgehead atoms. The minimum absolute atomic E-state index is 0. The molecule has 0 amide bonds. The Morgan fingerprint density at radius 2 is 1.71 bits per heavy atom. The molecule has 1 aromatic heterocycles. The number of nitrogens with two attached hydrogens (primary N) is 1.